The van der Waals surface area contributed by atoms with Crippen LogP contribution in [0.5, 0.6) is 0 Å². The molecule has 0 saturated carbocycles. The minimum Gasteiger partial charge on any atom is -0.289 e. The molecule has 0 saturated heterocycles. The maximum absolute atomic E-state index is 12.5. The molecule has 2 aromatic rings. The topological polar surface area (TPSA) is 17.1 Å². The SMILES string of the molecule is Cc1cc(C(=O)c2ccccc2)c(C)c(C)c1C. The van der Waals surface area contributed by atoms with E-state index >= 15 is 0 Å². The maximum atomic E-state index is 12.5. The Morgan fingerprint density at radius 2 is 1.44 bits per heavy atom. The van der Waals surface area contributed by atoms with Crippen LogP contribution in [0.4, 0.5) is 0 Å². The summed E-state index contributed by atoms with van der Waals surface area (Å²) in [5.74, 6) is 0.110. The Labute approximate surface area is 108 Å². The monoisotopic (exact) mass is 238 g/mol. The van der Waals surface area contributed by atoms with Gasteiger partial charge in [-0.05, 0) is 56.0 Å². The molecule has 0 aromatic heterocycles. The molecule has 0 N–H and O–H groups in total. The zero-order valence-electron chi connectivity index (χ0n) is 11.4. The Morgan fingerprint density at radius 3 is 2.06 bits per heavy atom. The van der Waals surface area contributed by atoms with E-state index in [-0.39, 0.29) is 5.78 Å². The van der Waals surface area contributed by atoms with Crippen LogP contribution in [0, 0.1) is 27.7 Å². The van der Waals surface area contributed by atoms with E-state index < -0.39 is 0 Å². The average molecular weight is 238 g/mol. The van der Waals surface area contributed by atoms with E-state index in [9.17, 15) is 4.79 Å². The Balaban J connectivity index is 2.56. The summed E-state index contributed by atoms with van der Waals surface area (Å²) in [4.78, 5) is 12.5. The van der Waals surface area contributed by atoms with Gasteiger partial charge in [0.05, 0.1) is 0 Å². The van der Waals surface area contributed by atoms with Gasteiger partial charge in [-0.1, -0.05) is 30.3 Å². The van der Waals surface area contributed by atoms with Crippen molar-refractivity contribution in [2.75, 3.05) is 0 Å². The fourth-order valence-electron chi connectivity index (χ4n) is 2.19. The molecule has 0 spiro atoms. The molecular weight excluding hydrogens is 220 g/mol. The van der Waals surface area contributed by atoms with Crippen molar-refractivity contribution in [3.63, 3.8) is 0 Å². The van der Waals surface area contributed by atoms with Gasteiger partial charge in [-0.15, -0.1) is 0 Å². The second-order valence-electron chi connectivity index (χ2n) is 4.81. The van der Waals surface area contributed by atoms with Crippen molar-refractivity contribution in [3.8, 4) is 0 Å². The number of ketones is 1. The zero-order chi connectivity index (χ0) is 13.3. The van der Waals surface area contributed by atoms with Gasteiger partial charge >= 0.3 is 0 Å². The van der Waals surface area contributed by atoms with Crippen LogP contribution in [0.3, 0.4) is 0 Å². The fourth-order valence-corrected chi connectivity index (χ4v) is 2.19. The summed E-state index contributed by atoms with van der Waals surface area (Å²) in [6, 6.07) is 11.5. The molecule has 92 valence electrons. The van der Waals surface area contributed by atoms with Crippen molar-refractivity contribution in [2.45, 2.75) is 27.7 Å². The van der Waals surface area contributed by atoms with Crippen molar-refractivity contribution in [2.24, 2.45) is 0 Å². The van der Waals surface area contributed by atoms with Gasteiger partial charge < -0.3 is 0 Å². The lowest BCUT2D eigenvalue weighted by Crippen LogP contribution is -2.06. The molecular formula is C17H18O. The number of aryl methyl sites for hydroxylation is 1. The van der Waals surface area contributed by atoms with E-state index in [0.29, 0.717) is 0 Å². The van der Waals surface area contributed by atoms with Crippen LogP contribution in [0.2, 0.25) is 0 Å². The quantitative estimate of drug-likeness (QED) is 0.718. The normalized spacial score (nSPS) is 10.4. The van der Waals surface area contributed by atoms with E-state index in [1.807, 2.05) is 43.3 Å². The van der Waals surface area contributed by atoms with Crippen LogP contribution in [0.15, 0.2) is 36.4 Å². The minimum atomic E-state index is 0.110. The van der Waals surface area contributed by atoms with Crippen molar-refractivity contribution < 1.29 is 4.79 Å². The molecule has 0 aliphatic heterocycles. The van der Waals surface area contributed by atoms with Crippen LogP contribution in [-0.2, 0) is 0 Å². The molecule has 0 aliphatic rings. The Hall–Kier alpha value is -1.89. The van der Waals surface area contributed by atoms with Crippen LogP contribution in [0.1, 0.15) is 38.2 Å². The zero-order valence-corrected chi connectivity index (χ0v) is 11.4. The first-order chi connectivity index (χ1) is 8.52. The highest BCUT2D eigenvalue weighted by molar-refractivity contribution is 6.10. The molecule has 0 radical (unpaired) electrons. The number of benzene rings is 2. The van der Waals surface area contributed by atoms with Gasteiger partial charge in [0.1, 0.15) is 0 Å². The van der Waals surface area contributed by atoms with Gasteiger partial charge in [0, 0.05) is 11.1 Å². The molecule has 18 heavy (non-hydrogen) atoms. The van der Waals surface area contributed by atoms with E-state index in [4.69, 9.17) is 0 Å². The number of carbonyl (C=O) groups excluding carboxylic acids is 1. The van der Waals surface area contributed by atoms with Gasteiger partial charge in [0.25, 0.3) is 0 Å². The van der Waals surface area contributed by atoms with Crippen LogP contribution in [-0.4, -0.2) is 5.78 Å². The summed E-state index contributed by atoms with van der Waals surface area (Å²) < 4.78 is 0. The van der Waals surface area contributed by atoms with Gasteiger partial charge in [-0.2, -0.15) is 0 Å². The van der Waals surface area contributed by atoms with Gasteiger partial charge in [-0.3, -0.25) is 4.79 Å². The van der Waals surface area contributed by atoms with Crippen molar-refractivity contribution in [3.05, 3.63) is 69.8 Å². The second kappa shape index (κ2) is 4.77. The first-order valence-corrected chi connectivity index (χ1v) is 6.19. The van der Waals surface area contributed by atoms with Gasteiger partial charge in [0.2, 0.25) is 0 Å². The summed E-state index contributed by atoms with van der Waals surface area (Å²) in [6.07, 6.45) is 0. The third-order valence-corrected chi connectivity index (χ3v) is 3.76. The number of hydrogen-bond donors (Lipinski definition) is 0. The Morgan fingerprint density at radius 1 is 0.833 bits per heavy atom. The molecule has 0 heterocycles. The highest BCUT2D eigenvalue weighted by atomic mass is 16.1. The standard InChI is InChI=1S/C17H18O/c1-11-10-16(14(4)13(3)12(11)2)17(18)15-8-6-5-7-9-15/h5-10H,1-4H3. The number of hydrogen-bond acceptors (Lipinski definition) is 1. The highest BCUT2D eigenvalue weighted by Crippen LogP contribution is 2.23. The largest absolute Gasteiger partial charge is 0.289 e. The fraction of sp³-hybridized carbons (Fsp3) is 0.235. The van der Waals surface area contributed by atoms with E-state index in [1.165, 1.54) is 16.7 Å². The molecule has 1 heteroatoms. The predicted molar refractivity (Wildman–Crippen MR) is 75.3 cm³/mol. The molecule has 0 aliphatic carbocycles. The second-order valence-corrected chi connectivity index (χ2v) is 4.81. The number of carbonyl (C=O) groups is 1. The average Bonchev–Trinajstić information content (AvgIpc) is 2.41. The molecule has 0 amide bonds. The molecule has 0 fully saturated rings. The molecule has 1 nitrogen and oxygen atoms in total. The Bertz CT molecular complexity index is 595. The summed E-state index contributed by atoms with van der Waals surface area (Å²) in [5, 5.41) is 0. The summed E-state index contributed by atoms with van der Waals surface area (Å²) in [7, 11) is 0. The summed E-state index contributed by atoms with van der Waals surface area (Å²) in [5.41, 5.74) is 6.33. The third kappa shape index (κ3) is 2.08. The lowest BCUT2D eigenvalue weighted by atomic mass is 9.90. The van der Waals surface area contributed by atoms with Crippen LogP contribution < -0.4 is 0 Å². The lowest BCUT2D eigenvalue weighted by molar-refractivity contribution is 0.103. The van der Waals surface area contributed by atoms with Crippen LogP contribution in [0.25, 0.3) is 0 Å². The van der Waals surface area contributed by atoms with E-state index in [0.717, 1.165) is 16.7 Å². The molecule has 0 bridgehead atoms. The van der Waals surface area contributed by atoms with E-state index in [2.05, 4.69) is 20.8 Å². The molecule has 0 atom stereocenters. The number of rotatable bonds is 2. The van der Waals surface area contributed by atoms with Crippen LogP contribution >= 0.6 is 0 Å². The minimum absolute atomic E-state index is 0.110. The summed E-state index contributed by atoms with van der Waals surface area (Å²) in [6.45, 7) is 8.27. The van der Waals surface area contributed by atoms with Gasteiger partial charge in [-0.25, -0.2) is 0 Å². The Kier molecular flexibility index (Phi) is 3.33. The van der Waals surface area contributed by atoms with Gasteiger partial charge in [0.15, 0.2) is 5.78 Å². The molecule has 2 aromatic carbocycles. The summed E-state index contributed by atoms with van der Waals surface area (Å²) >= 11 is 0. The van der Waals surface area contributed by atoms with Crippen molar-refractivity contribution in [1.82, 2.24) is 0 Å². The third-order valence-electron chi connectivity index (χ3n) is 3.76. The maximum Gasteiger partial charge on any atom is 0.193 e. The molecule has 2 rings (SSSR count). The molecule has 0 unspecified atom stereocenters. The predicted octanol–water partition coefficient (Wildman–Crippen LogP) is 4.15. The van der Waals surface area contributed by atoms with Crippen molar-refractivity contribution >= 4 is 5.78 Å². The van der Waals surface area contributed by atoms with Crippen molar-refractivity contribution in [1.29, 1.82) is 0 Å². The first-order valence-electron chi connectivity index (χ1n) is 6.19. The van der Waals surface area contributed by atoms with E-state index in [1.54, 1.807) is 0 Å². The highest BCUT2D eigenvalue weighted by Gasteiger charge is 2.14. The lowest BCUT2D eigenvalue weighted by Gasteiger charge is -2.13. The smallest absolute Gasteiger partial charge is 0.193 e. The first kappa shape index (κ1) is 12.6.